The van der Waals surface area contributed by atoms with Gasteiger partial charge in [0.2, 0.25) is 0 Å². The molecule has 0 unspecified atom stereocenters. The largest absolute Gasteiger partial charge is 0.398 e. The molecule has 1 saturated heterocycles. The van der Waals surface area contributed by atoms with Gasteiger partial charge in [0.25, 0.3) is 5.56 Å². The smallest absolute Gasteiger partial charge is 0.250 e. The van der Waals surface area contributed by atoms with E-state index in [0.717, 1.165) is 32.2 Å². The van der Waals surface area contributed by atoms with Crippen molar-refractivity contribution in [3.63, 3.8) is 0 Å². The third kappa shape index (κ3) is 3.66. The molecule has 1 aliphatic carbocycles. The standard InChI is InChI=1S/C16H26N4O/c17-14-5-6-16(21)20(13-14)12-9-18-7-10-19(11-8-18)15-3-1-2-4-15/h5-6,13,15H,1-4,7-12,17H2. The zero-order valence-corrected chi connectivity index (χ0v) is 12.7. The van der Waals surface area contributed by atoms with Crippen LogP contribution in [0.2, 0.25) is 0 Å². The molecule has 2 aliphatic rings. The number of anilines is 1. The number of hydrogen-bond donors (Lipinski definition) is 1. The van der Waals surface area contributed by atoms with Gasteiger partial charge in [-0.05, 0) is 18.9 Å². The monoisotopic (exact) mass is 290 g/mol. The molecule has 2 heterocycles. The van der Waals surface area contributed by atoms with Crippen molar-refractivity contribution in [2.75, 3.05) is 38.5 Å². The molecule has 2 fully saturated rings. The van der Waals surface area contributed by atoms with Gasteiger partial charge in [-0.15, -0.1) is 0 Å². The molecule has 5 nitrogen and oxygen atoms in total. The second-order valence-electron chi connectivity index (χ2n) is 6.31. The summed E-state index contributed by atoms with van der Waals surface area (Å²) in [6.07, 6.45) is 7.33. The second-order valence-corrected chi connectivity index (χ2v) is 6.31. The van der Waals surface area contributed by atoms with Crippen molar-refractivity contribution in [3.8, 4) is 0 Å². The molecule has 0 radical (unpaired) electrons. The molecule has 1 saturated carbocycles. The Labute approximate surface area is 126 Å². The summed E-state index contributed by atoms with van der Waals surface area (Å²) >= 11 is 0. The van der Waals surface area contributed by atoms with Gasteiger partial charge < -0.3 is 10.3 Å². The molecule has 0 atom stereocenters. The van der Waals surface area contributed by atoms with Crippen LogP contribution in [0.1, 0.15) is 25.7 Å². The maximum absolute atomic E-state index is 11.8. The summed E-state index contributed by atoms with van der Waals surface area (Å²) < 4.78 is 1.72. The lowest BCUT2D eigenvalue weighted by molar-refractivity contribution is 0.0955. The fourth-order valence-electron chi connectivity index (χ4n) is 3.60. The molecule has 1 aromatic rings. The van der Waals surface area contributed by atoms with Gasteiger partial charge in [0.1, 0.15) is 0 Å². The fraction of sp³-hybridized carbons (Fsp3) is 0.688. The Morgan fingerprint density at radius 3 is 2.48 bits per heavy atom. The maximum atomic E-state index is 11.8. The van der Waals surface area contributed by atoms with Gasteiger partial charge in [0.15, 0.2) is 0 Å². The Hall–Kier alpha value is -1.33. The summed E-state index contributed by atoms with van der Waals surface area (Å²) in [6, 6.07) is 4.05. The Morgan fingerprint density at radius 2 is 1.76 bits per heavy atom. The molecule has 0 aromatic carbocycles. The van der Waals surface area contributed by atoms with Crippen LogP contribution in [0.5, 0.6) is 0 Å². The average molecular weight is 290 g/mol. The first-order chi connectivity index (χ1) is 10.2. The summed E-state index contributed by atoms with van der Waals surface area (Å²) in [7, 11) is 0. The molecule has 21 heavy (non-hydrogen) atoms. The van der Waals surface area contributed by atoms with Crippen LogP contribution < -0.4 is 11.3 Å². The van der Waals surface area contributed by atoms with E-state index in [-0.39, 0.29) is 5.56 Å². The highest BCUT2D eigenvalue weighted by atomic mass is 16.1. The van der Waals surface area contributed by atoms with Crippen LogP contribution in [0.4, 0.5) is 5.69 Å². The minimum absolute atomic E-state index is 0.0359. The normalized spacial score (nSPS) is 21.9. The van der Waals surface area contributed by atoms with E-state index in [0.29, 0.717) is 5.69 Å². The van der Waals surface area contributed by atoms with Crippen molar-refractivity contribution >= 4 is 5.69 Å². The Bertz CT molecular complexity index is 513. The second kappa shape index (κ2) is 6.62. The number of hydrogen-bond acceptors (Lipinski definition) is 4. The van der Waals surface area contributed by atoms with Gasteiger partial charge in [-0.2, -0.15) is 0 Å². The van der Waals surface area contributed by atoms with Crippen LogP contribution in [-0.4, -0.2) is 53.1 Å². The Morgan fingerprint density at radius 1 is 1.05 bits per heavy atom. The predicted molar refractivity (Wildman–Crippen MR) is 85.4 cm³/mol. The number of nitrogens with zero attached hydrogens (tertiary/aromatic N) is 3. The van der Waals surface area contributed by atoms with Crippen molar-refractivity contribution in [3.05, 3.63) is 28.7 Å². The summed E-state index contributed by atoms with van der Waals surface area (Å²) in [5, 5.41) is 0. The molecular formula is C16H26N4O. The molecule has 116 valence electrons. The molecule has 3 rings (SSSR count). The third-order valence-electron chi connectivity index (χ3n) is 4.91. The van der Waals surface area contributed by atoms with E-state index >= 15 is 0 Å². The van der Waals surface area contributed by atoms with Crippen molar-refractivity contribution < 1.29 is 0 Å². The van der Waals surface area contributed by atoms with E-state index in [1.807, 2.05) is 0 Å². The van der Waals surface area contributed by atoms with Gasteiger partial charge in [-0.1, -0.05) is 12.8 Å². The number of pyridine rings is 1. The van der Waals surface area contributed by atoms with Crippen LogP contribution in [-0.2, 0) is 6.54 Å². The van der Waals surface area contributed by atoms with Crippen molar-refractivity contribution in [2.24, 2.45) is 0 Å². The third-order valence-corrected chi connectivity index (χ3v) is 4.91. The van der Waals surface area contributed by atoms with E-state index in [1.54, 1.807) is 22.9 Å². The first-order valence-corrected chi connectivity index (χ1v) is 8.15. The summed E-state index contributed by atoms with van der Waals surface area (Å²) in [6.45, 7) is 6.25. The highest BCUT2D eigenvalue weighted by molar-refractivity contribution is 5.33. The van der Waals surface area contributed by atoms with E-state index in [4.69, 9.17) is 5.73 Å². The number of aromatic nitrogens is 1. The molecular weight excluding hydrogens is 264 g/mol. The fourth-order valence-corrected chi connectivity index (χ4v) is 3.60. The summed E-state index contributed by atoms with van der Waals surface area (Å²) in [4.78, 5) is 16.9. The highest BCUT2D eigenvalue weighted by Crippen LogP contribution is 2.24. The number of nitrogens with two attached hydrogens (primary N) is 1. The van der Waals surface area contributed by atoms with Crippen LogP contribution in [0.3, 0.4) is 0 Å². The zero-order chi connectivity index (χ0) is 14.7. The summed E-state index contributed by atoms with van der Waals surface area (Å²) in [5.74, 6) is 0. The van der Waals surface area contributed by atoms with Crippen molar-refractivity contribution in [1.29, 1.82) is 0 Å². The van der Waals surface area contributed by atoms with Gasteiger partial charge in [0, 0.05) is 63.3 Å². The lowest BCUT2D eigenvalue weighted by Gasteiger charge is -2.38. The number of nitrogen functional groups attached to an aromatic ring is 1. The number of piperazine rings is 1. The van der Waals surface area contributed by atoms with Gasteiger partial charge in [-0.3, -0.25) is 14.6 Å². The Balaban J connectivity index is 1.47. The van der Waals surface area contributed by atoms with Gasteiger partial charge >= 0.3 is 0 Å². The maximum Gasteiger partial charge on any atom is 0.250 e. The lowest BCUT2D eigenvalue weighted by atomic mass is 10.2. The molecule has 1 aromatic heterocycles. The molecule has 2 N–H and O–H groups in total. The van der Waals surface area contributed by atoms with Crippen LogP contribution in [0.15, 0.2) is 23.1 Å². The highest BCUT2D eigenvalue weighted by Gasteiger charge is 2.25. The number of rotatable bonds is 4. The predicted octanol–water partition coefficient (Wildman–Crippen LogP) is 0.991. The molecule has 0 amide bonds. The van der Waals surface area contributed by atoms with Crippen LogP contribution in [0, 0.1) is 0 Å². The van der Waals surface area contributed by atoms with Gasteiger partial charge in [-0.25, -0.2) is 0 Å². The first-order valence-electron chi connectivity index (χ1n) is 8.15. The quantitative estimate of drug-likeness (QED) is 0.898. The minimum Gasteiger partial charge on any atom is -0.398 e. The van der Waals surface area contributed by atoms with Gasteiger partial charge in [0.05, 0.1) is 0 Å². The molecule has 1 aliphatic heterocycles. The average Bonchev–Trinajstić information content (AvgIpc) is 3.03. The summed E-state index contributed by atoms with van der Waals surface area (Å²) in [5.41, 5.74) is 6.43. The lowest BCUT2D eigenvalue weighted by Crippen LogP contribution is -2.50. The molecule has 0 spiro atoms. The molecule has 0 bridgehead atoms. The minimum atomic E-state index is 0.0359. The van der Waals surface area contributed by atoms with E-state index in [2.05, 4.69) is 9.80 Å². The topological polar surface area (TPSA) is 54.5 Å². The van der Waals surface area contributed by atoms with Crippen molar-refractivity contribution in [2.45, 2.75) is 38.3 Å². The first kappa shape index (κ1) is 14.6. The van der Waals surface area contributed by atoms with Crippen LogP contribution in [0.25, 0.3) is 0 Å². The van der Waals surface area contributed by atoms with E-state index < -0.39 is 0 Å². The van der Waals surface area contributed by atoms with E-state index in [9.17, 15) is 4.79 Å². The van der Waals surface area contributed by atoms with Crippen LogP contribution >= 0.6 is 0 Å². The SMILES string of the molecule is Nc1ccc(=O)n(CCN2CCN(C3CCCC3)CC2)c1. The zero-order valence-electron chi connectivity index (χ0n) is 12.7. The molecule has 5 heteroatoms. The Kier molecular flexibility index (Phi) is 4.60. The van der Waals surface area contributed by atoms with Crippen molar-refractivity contribution in [1.82, 2.24) is 14.4 Å². The van der Waals surface area contributed by atoms with E-state index in [1.165, 1.54) is 38.8 Å².